The van der Waals surface area contributed by atoms with Crippen LogP contribution in [0.25, 0.3) is 0 Å². The van der Waals surface area contributed by atoms with Crippen LogP contribution in [0.15, 0.2) is 6.20 Å². The highest BCUT2D eigenvalue weighted by Gasteiger charge is 1.94. The van der Waals surface area contributed by atoms with Crippen LogP contribution in [0.2, 0.25) is 0 Å². The zero-order valence-electron chi connectivity index (χ0n) is 5.20. The minimum atomic E-state index is 0.601. The first-order valence-corrected chi connectivity index (χ1v) is 2.61. The smallest absolute Gasteiger partial charge is 0.0738 e. The summed E-state index contributed by atoms with van der Waals surface area (Å²) in [5.74, 6) is 5.07. The fourth-order valence-electron chi connectivity index (χ4n) is 0.576. The molecule has 0 aliphatic carbocycles. The van der Waals surface area contributed by atoms with E-state index in [0.29, 0.717) is 6.54 Å². The third-order valence-electron chi connectivity index (χ3n) is 1.09. The van der Waals surface area contributed by atoms with E-state index in [1.807, 2.05) is 7.05 Å². The molecule has 5 heteroatoms. The molecule has 0 aliphatic rings. The van der Waals surface area contributed by atoms with Crippen LogP contribution in [0.5, 0.6) is 0 Å². The zero-order valence-corrected chi connectivity index (χ0v) is 5.20. The van der Waals surface area contributed by atoms with Crippen molar-refractivity contribution in [2.45, 2.75) is 6.54 Å². The quantitative estimate of drug-likeness (QED) is 0.386. The van der Waals surface area contributed by atoms with Crippen molar-refractivity contribution in [3.05, 3.63) is 11.9 Å². The van der Waals surface area contributed by atoms with Crippen LogP contribution >= 0.6 is 0 Å². The molecule has 5 nitrogen and oxygen atoms in total. The van der Waals surface area contributed by atoms with Gasteiger partial charge >= 0.3 is 0 Å². The maximum Gasteiger partial charge on any atom is 0.0738 e. The second-order valence-electron chi connectivity index (χ2n) is 1.73. The Hall–Kier alpha value is -0.940. The van der Waals surface area contributed by atoms with Gasteiger partial charge in [-0.15, -0.1) is 5.10 Å². The van der Waals surface area contributed by atoms with E-state index >= 15 is 0 Å². The van der Waals surface area contributed by atoms with Crippen molar-refractivity contribution in [1.82, 2.24) is 20.4 Å². The molecule has 0 saturated carbocycles. The summed E-state index contributed by atoms with van der Waals surface area (Å²) in [5, 5.41) is 7.36. The Kier molecular flexibility index (Phi) is 1.76. The van der Waals surface area contributed by atoms with E-state index in [0.717, 1.165) is 5.69 Å². The van der Waals surface area contributed by atoms with Crippen LogP contribution in [0.4, 0.5) is 0 Å². The van der Waals surface area contributed by atoms with Gasteiger partial charge in [-0.25, -0.2) is 0 Å². The molecule has 1 rings (SSSR count). The Balaban J connectivity index is 2.69. The fraction of sp³-hybridized carbons (Fsp3) is 0.500. The van der Waals surface area contributed by atoms with Gasteiger partial charge in [-0.2, -0.15) is 0 Å². The highest BCUT2D eigenvalue weighted by atomic mass is 15.4. The minimum Gasteiger partial charge on any atom is -0.271 e. The molecule has 1 aromatic heterocycles. The lowest BCUT2D eigenvalue weighted by Crippen LogP contribution is -2.22. The lowest BCUT2D eigenvalue weighted by atomic mass is 10.5. The van der Waals surface area contributed by atoms with E-state index in [4.69, 9.17) is 5.84 Å². The second kappa shape index (κ2) is 2.56. The summed E-state index contributed by atoms with van der Waals surface area (Å²) in [5.41, 5.74) is 3.48. The van der Waals surface area contributed by atoms with E-state index in [2.05, 4.69) is 15.7 Å². The maximum absolute atomic E-state index is 5.07. The summed E-state index contributed by atoms with van der Waals surface area (Å²) in [4.78, 5) is 0. The SMILES string of the molecule is Cn1nncc1CNN. The van der Waals surface area contributed by atoms with Gasteiger partial charge in [0, 0.05) is 7.05 Å². The van der Waals surface area contributed by atoms with Crippen LogP contribution in [0.3, 0.4) is 0 Å². The first kappa shape index (κ1) is 6.18. The highest BCUT2D eigenvalue weighted by Crippen LogP contribution is 1.89. The number of aryl methyl sites for hydroxylation is 1. The number of aromatic nitrogens is 3. The van der Waals surface area contributed by atoms with Crippen molar-refractivity contribution in [3.8, 4) is 0 Å². The number of hydrogen-bond donors (Lipinski definition) is 2. The molecule has 0 unspecified atom stereocenters. The summed E-state index contributed by atoms with van der Waals surface area (Å²) in [7, 11) is 1.82. The number of nitrogens with one attached hydrogen (secondary N) is 1. The van der Waals surface area contributed by atoms with Gasteiger partial charge in [0.25, 0.3) is 0 Å². The second-order valence-corrected chi connectivity index (χ2v) is 1.73. The molecule has 9 heavy (non-hydrogen) atoms. The van der Waals surface area contributed by atoms with Gasteiger partial charge in [0.2, 0.25) is 0 Å². The third-order valence-corrected chi connectivity index (χ3v) is 1.09. The first-order chi connectivity index (χ1) is 4.34. The van der Waals surface area contributed by atoms with Crippen molar-refractivity contribution in [2.24, 2.45) is 12.9 Å². The van der Waals surface area contributed by atoms with Gasteiger partial charge in [-0.05, 0) is 0 Å². The first-order valence-electron chi connectivity index (χ1n) is 2.61. The largest absolute Gasteiger partial charge is 0.271 e. The van der Waals surface area contributed by atoms with Crippen LogP contribution < -0.4 is 11.3 Å². The molecule has 50 valence electrons. The van der Waals surface area contributed by atoms with Gasteiger partial charge < -0.3 is 0 Å². The van der Waals surface area contributed by atoms with Crippen molar-refractivity contribution in [2.75, 3.05) is 0 Å². The molecule has 0 atom stereocenters. The van der Waals surface area contributed by atoms with Gasteiger partial charge in [-0.1, -0.05) is 5.21 Å². The molecule has 0 fully saturated rings. The number of nitrogens with zero attached hydrogens (tertiary/aromatic N) is 3. The summed E-state index contributed by atoms with van der Waals surface area (Å²) in [6.45, 7) is 0.601. The lowest BCUT2D eigenvalue weighted by Gasteiger charge is -1.95. The predicted molar refractivity (Wildman–Crippen MR) is 32.0 cm³/mol. The predicted octanol–water partition coefficient (Wildman–Crippen LogP) is -1.22. The van der Waals surface area contributed by atoms with Crippen molar-refractivity contribution < 1.29 is 0 Å². The Morgan fingerprint density at radius 1 is 1.89 bits per heavy atom. The van der Waals surface area contributed by atoms with Crippen molar-refractivity contribution in [3.63, 3.8) is 0 Å². The standard InChI is InChI=1S/C4H9N5/c1-9-4(2-6-5)3-7-8-9/h3,6H,2,5H2,1H3. The third kappa shape index (κ3) is 1.24. The van der Waals surface area contributed by atoms with Gasteiger partial charge in [0.15, 0.2) is 0 Å². The van der Waals surface area contributed by atoms with Crippen LogP contribution in [0.1, 0.15) is 5.69 Å². The van der Waals surface area contributed by atoms with Crippen LogP contribution in [-0.4, -0.2) is 15.0 Å². The lowest BCUT2D eigenvalue weighted by molar-refractivity contribution is 0.633. The molecule has 0 spiro atoms. The molecule has 0 radical (unpaired) electrons. The van der Waals surface area contributed by atoms with E-state index in [-0.39, 0.29) is 0 Å². The molecule has 0 bridgehead atoms. The molecule has 0 saturated heterocycles. The molecule has 0 aromatic carbocycles. The monoisotopic (exact) mass is 127 g/mol. The van der Waals surface area contributed by atoms with E-state index in [9.17, 15) is 0 Å². The normalized spacial score (nSPS) is 10.0. The summed E-state index contributed by atoms with van der Waals surface area (Å²) in [6.07, 6.45) is 1.67. The molecular weight excluding hydrogens is 118 g/mol. The maximum atomic E-state index is 5.07. The molecule has 1 aromatic rings. The minimum absolute atomic E-state index is 0.601. The highest BCUT2D eigenvalue weighted by molar-refractivity contribution is 4.91. The number of rotatable bonds is 2. The van der Waals surface area contributed by atoms with E-state index < -0.39 is 0 Å². The number of nitrogens with two attached hydrogens (primary N) is 1. The van der Waals surface area contributed by atoms with Gasteiger partial charge in [-0.3, -0.25) is 16.0 Å². The molecule has 0 aliphatic heterocycles. The van der Waals surface area contributed by atoms with E-state index in [1.54, 1.807) is 10.9 Å². The van der Waals surface area contributed by atoms with Gasteiger partial charge in [0.05, 0.1) is 18.4 Å². The average molecular weight is 127 g/mol. The number of hydrogen-bond acceptors (Lipinski definition) is 4. The van der Waals surface area contributed by atoms with Gasteiger partial charge in [0.1, 0.15) is 0 Å². The summed E-state index contributed by atoms with van der Waals surface area (Å²) in [6, 6.07) is 0. The van der Waals surface area contributed by atoms with E-state index in [1.165, 1.54) is 0 Å². The molecule has 0 amide bonds. The Morgan fingerprint density at radius 3 is 3.11 bits per heavy atom. The topological polar surface area (TPSA) is 68.8 Å². The molecular formula is C4H9N5. The zero-order chi connectivity index (χ0) is 6.69. The number of hydrazine groups is 1. The Bertz CT molecular complexity index is 181. The van der Waals surface area contributed by atoms with Crippen LogP contribution in [0, 0.1) is 0 Å². The molecule has 3 N–H and O–H groups in total. The summed E-state index contributed by atoms with van der Waals surface area (Å²) < 4.78 is 1.67. The van der Waals surface area contributed by atoms with Crippen molar-refractivity contribution >= 4 is 0 Å². The Labute approximate surface area is 52.8 Å². The van der Waals surface area contributed by atoms with Crippen LogP contribution in [-0.2, 0) is 13.6 Å². The Morgan fingerprint density at radius 2 is 2.67 bits per heavy atom. The fourth-order valence-corrected chi connectivity index (χ4v) is 0.576. The van der Waals surface area contributed by atoms with Crippen molar-refractivity contribution in [1.29, 1.82) is 0 Å². The average Bonchev–Trinajstić information content (AvgIpc) is 2.18. The summed E-state index contributed by atoms with van der Waals surface area (Å²) >= 11 is 0. The molecule has 1 heterocycles.